The molecule has 0 spiro atoms. The van der Waals surface area contributed by atoms with Crippen LogP contribution in [0.15, 0.2) is 34.9 Å². The Morgan fingerprint density at radius 2 is 1.96 bits per heavy atom. The number of nitrogens with one attached hydrogen (secondary N) is 1. The molecule has 4 rings (SSSR count). The molecule has 1 aliphatic heterocycles. The zero-order valence-corrected chi connectivity index (χ0v) is 16.0. The second-order valence-corrected chi connectivity index (χ2v) is 7.68. The van der Waals surface area contributed by atoms with Crippen molar-refractivity contribution in [1.82, 2.24) is 20.4 Å². The molecular weight excluding hydrogens is 356 g/mol. The molecule has 1 atom stereocenters. The third kappa shape index (κ3) is 4.24. The van der Waals surface area contributed by atoms with Gasteiger partial charge in [0.1, 0.15) is 6.04 Å². The Labute approximate surface area is 164 Å². The van der Waals surface area contributed by atoms with E-state index in [0.717, 1.165) is 18.4 Å². The number of rotatable bonds is 5. The SMILES string of the molecule is O=C1NCCN(C(=O)CC2CCCCC2)C1Cc1nc(-c2ccccc2)no1. The number of carbonyl (C=O) groups is 2. The van der Waals surface area contributed by atoms with Crippen molar-refractivity contribution in [2.45, 2.75) is 51.0 Å². The second-order valence-electron chi connectivity index (χ2n) is 7.68. The van der Waals surface area contributed by atoms with Crippen LogP contribution >= 0.6 is 0 Å². The van der Waals surface area contributed by atoms with Crippen LogP contribution in [-0.4, -0.2) is 46.0 Å². The summed E-state index contributed by atoms with van der Waals surface area (Å²) < 4.78 is 5.37. The Kier molecular flexibility index (Phi) is 5.69. The molecule has 7 heteroatoms. The zero-order chi connectivity index (χ0) is 19.3. The fraction of sp³-hybridized carbons (Fsp3) is 0.524. The number of amides is 2. The van der Waals surface area contributed by atoms with E-state index in [2.05, 4.69) is 15.5 Å². The topological polar surface area (TPSA) is 88.3 Å². The number of nitrogens with zero attached hydrogens (tertiary/aromatic N) is 3. The molecule has 0 bridgehead atoms. The van der Waals surface area contributed by atoms with Gasteiger partial charge < -0.3 is 14.7 Å². The van der Waals surface area contributed by atoms with E-state index in [9.17, 15) is 9.59 Å². The van der Waals surface area contributed by atoms with Gasteiger partial charge in [-0.3, -0.25) is 9.59 Å². The highest BCUT2D eigenvalue weighted by Crippen LogP contribution is 2.27. The van der Waals surface area contributed by atoms with Crippen molar-refractivity contribution in [3.63, 3.8) is 0 Å². The third-order valence-electron chi connectivity index (χ3n) is 5.71. The Balaban J connectivity index is 1.45. The largest absolute Gasteiger partial charge is 0.353 e. The fourth-order valence-corrected chi connectivity index (χ4v) is 4.18. The highest BCUT2D eigenvalue weighted by atomic mass is 16.5. The van der Waals surface area contributed by atoms with Gasteiger partial charge in [-0.1, -0.05) is 54.8 Å². The van der Waals surface area contributed by atoms with E-state index in [4.69, 9.17) is 4.52 Å². The monoisotopic (exact) mass is 382 g/mol. The maximum absolute atomic E-state index is 12.9. The molecule has 28 heavy (non-hydrogen) atoms. The third-order valence-corrected chi connectivity index (χ3v) is 5.71. The summed E-state index contributed by atoms with van der Waals surface area (Å²) in [4.78, 5) is 31.5. The lowest BCUT2D eigenvalue weighted by atomic mass is 9.86. The summed E-state index contributed by atoms with van der Waals surface area (Å²) >= 11 is 0. The predicted molar refractivity (Wildman–Crippen MR) is 103 cm³/mol. The van der Waals surface area contributed by atoms with Crippen molar-refractivity contribution >= 4 is 11.8 Å². The van der Waals surface area contributed by atoms with Gasteiger partial charge in [-0.2, -0.15) is 4.98 Å². The van der Waals surface area contributed by atoms with Crippen LogP contribution in [0.25, 0.3) is 11.4 Å². The Hall–Kier alpha value is -2.70. The number of aromatic nitrogens is 2. The van der Waals surface area contributed by atoms with Crippen LogP contribution in [0.1, 0.15) is 44.4 Å². The van der Waals surface area contributed by atoms with Crippen molar-refractivity contribution in [3.8, 4) is 11.4 Å². The van der Waals surface area contributed by atoms with Crippen molar-refractivity contribution in [2.24, 2.45) is 5.92 Å². The molecule has 148 valence electrons. The molecule has 1 saturated heterocycles. The average Bonchev–Trinajstić information content (AvgIpc) is 3.19. The Morgan fingerprint density at radius 1 is 1.18 bits per heavy atom. The summed E-state index contributed by atoms with van der Waals surface area (Å²) in [5.74, 6) is 1.22. The molecule has 1 aromatic carbocycles. The predicted octanol–water partition coefficient (Wildman–Crippen LogP) is 2.58. The van der Waals surface area contributed by atoms with Gasteiger partial charge in [0, 0.05) is 25.1 Å². The van der Waals surface area contributed by atoms with E-state index in [1.807, 2.05) is 30.3 Å². The van der Waals surface area contributed by atoms with Gasteiger partial charge in [-0.05, 0) is 18.8 Å². The van der Waals surface area contributed by atoms with Crippen LogP contribution in [-0.2, 0) is 16.0 Å². The standard InChI is InChI=1S/C21H26N4O3/c26-19(13-15-7-3-1-4-8-15)25-12-11-22-21(27)17(25)14-18-23-20(24-28-18)16-9-5-2-6-10-16/h2,5-6,9-10,15,17H,1,3-4,7-8,11-14H2,(H,22,27). The summed E-state index contributed by atoms with van der Waals surface area (Å²) in [5.41, 5.74) is 0.857. The molecule has 2 amide bonds. The van der Waals surface area contributed by atoms with Crippen LogP contribution in [0.2, 0.25) is 0 Å². The van der Waals surface area contributed by atoms with E-state index in [-0.39, 0.29) is 18.2 Å². The van der Waals surface area contributed by atoms with E-state index in [1.54, 1.807) is 4.90 Å². The normalized spacial score (nSPS) is 20.8. The molecule has 1 aromatic heterocycles. The minimum atomic E-state index is -0.589. The first-order chi connectivity index (χ1) is 13.7. The number of hydrogen-bond donors (Lipinski definition) is 1. The number of hydrogen-bond acceptors (Lipinski definition) is 5. The summed E-state index contributed by atoms with van der Waals surface area (Å²) in [6.07, 6.45) is 6.66. The smallest absolute Gasteiger partial charge is 0.243 e. The van der Waals surface area contributed by atoms with Gasteiger partial charge in [0.2, 0.25) is 23.5 Å². The van der Waals surface area contributed by atoms with Crippen molar-refractivity contribution in [3.05, 3.63) is 36.2 Å². The minimum absolute atomic E-state index is 0.0644. The van der Waals surface area contributed by atoms with Gasteiger partial charge >= 0.3 is 0 Å². The van der Waals surface area contributed by atoms with Crippen molar-refractivity contribution in [2.75, 3.05) is 13.1 Å². The zero-order valence-electron chi connectivity index (χ0n) is 16.0. The summed E-state index contributed by atoms with van der Waals surface area (Å²) in [6, 6.07) is 8.96. The van der Waals surface area contributed by atoms with Crippen LogP contribution in [0.4, 0.5) is 0 Å². The molecule has 2 aromatic rings. The van der Waals surface area contributed by atoms with Gasteiger partial charge in [0.15, 0.2) is 0 Å². The first-order valence-corrected chi connectivity index (χ1v) is 10.2. The van der Waals surface area contributed by atoms with E-state index >= 15 is 0 Å². The molecule has 1 N–H and O–H groups in total. The maximum atomic E-state index is 12.9. The molecule has 1 aliphatic carbocycles. The number of carbonyl (C=O) groups excluding carboxylic acids is 2. The van der Waals surface area contributed by atoms with Crippen LogP contribution in [0, 0.1) is 5.92 Å². The van der Waals surface area contributed by atoms with Crippen molar-refractivity contribution in [1.29, 1.82) is 0 Å². The molecule has 0 radical (unpaired) electrons. The second kappa shape index (κ2) is 8.54. The van der Waals surface area contributed by atoms with E-state index < -0.39 is 6.04 Å². The first kappa shape index (κ1) is 18.7. The van der Waals surface area contributed by atoms with Gasteiger partial charge in [0.25, 0.3) is 0 Å². The molecule has 2 heterocycles. The minimum Gasteiger partial charge on any atom is -0.353 e. The first-order valence-electron chi connectivity index (χ1n) is 10.2. The van der Waals surface area contributed by atoms with Crippen LogP contribution < -0.4 is 5.32 Å². The molecule has 1 unspecified atom stereocenters. The highest BCUT2D eigenvalue weighted by molar-refractivity contribution is 5.89. The maximum Gasteiger partial charge on any atom is 0.243 e. The number of piperazine rings is 1. The quantitative estimate of drug-likeness (QED) is 0.859. The summed E-state index contributed by atoms with van der Waals surface area (Å²) in [7, 11) is 0. The Morgan fingerprint density at radius 3 is 2.75 bits per heavy atom. The van der Waals surface area contributed by atoms with Gasteiger partial charge in [-0.15, -0.1) is 0 Å². The average molecular weight is 382 g/mol. The molecular formula is C21H26N4O3. The lowest BCUT2D eigenvalue weighted by Gasteiger charge is -2.35. The molecule has 1 saturated carbocycles. The summed E-state index contributed by atoms with van der Waals surface area (Å²) in [5, 5.41) is 6.88. The lowest BCUT2D eigenvalue weighted by Crippen LogP contribution is -2.58. The van der Waals surface area contributed by atoms with Crippen molar-refractivity contribution < 1.29 is 14.1 Å². The lowest BCUT2D eigenvalue weighted by molar-refractivity contribution is -0.144. The van der Waals surface area contributed by atoms with Gasteiger partial charge in [-0.25, -0.2) is 0 Å². The van der Waals surface area contributed by atoms with E-state index in [0.29, 0.717) is 37.1 Å². The van der Waals surface area contributed by atoms with Crippen LogP contribution in [0.3, 0.4) is 0 Å². The van der Waals surface area contributed by atoms with Crippen LogP contribution in [0.5, 0.6) is 0 Å². The molecule has 7 nitrogen and oxygen atoms in total. The van der Waals surface area contributed by atoms with E-state index in [1.165, 1.54) is 19.3 Å². The highest BCUT2D eigenvalue weighted by Gasteiger charge is 2.35. The fourth-order valence-electron chi connectivity index (χ4n) is 4.18. The molecule has 2 aliphatic rings. The Bertz CT molecular complexity index is 814. The number of benzene rings is 1. The van der Waals surface area contributed by atoms with Gasteiger partial charge in [0.05, 0.1) is 6.42 Å². The molecule has 2 fully saturated rings. The summed E-state index contributed by atoms with van der Waals surface area (Å²) in [6.45, 7) is 1.02.